The van der Waals surface area contributed by atoms with Crippen LogP contribution in [0.25, 0.3) is 0 Å². The summed E-state index contributed by atoms with van der Waals surface area (Å²) in [5.74, 6) is 0. The average Bonchev–Trinajstić information content (AvgIpc) is 2.48. The number of hydrogen-bond acceptors (Lipinski definition) is 3. The maximum absolute atomic E-state index is 5.38. The molecule has 0 radical (unpaired) electrons. The van der Waals surface area contributed by atoms with E-state index in [0.29, 0.717) is 12.1 Å². The van der Waals surface area contributed by atoms with Gasteiger partial charge in [0.15, 0.2) is 0 Å². The molecular formula is C16H26N2O. The number of ether oxygens (including phenoxy) is 1. The molecule has 0 saturated carbocycles. The molecule has 0 spiro atoms. The Bertz CT molecular complexity index is 355. The van der Waals surface area contributed by atoms with Gasteiger partial charge in [0.2, 0.25) is 0 Å². The molecule has 0 bridgehead atoms. The van der Waals surface area contributed by atoms with Crippen LogP contribution in [0.3, 0.4) is 0 Å². The van der Waals surface area contributed by atoms with Gasteiger partial charge in [-0.25, -0.2) is 0 Å². The molecule has 3 nitrogen and oxygen atoms in total. The normalized spacial score (nSPS) is 22.3. The molecule has 2 rings (SSSR count). The molecule has 106 valence electrons. The van der Waals surface area contributed by atoms with Crippen LogP contribution in [0.4, 0.5) is 0 Å². The molecule has 1 N–H and O–H groups in total. The van der Waals surface area contributed by atoms with Crippen LogP contribution < -0.4 is 5.32 Å². The molecule has 2 unspecified atom stereocenters. The van der Waals surface area contributed by atoms with E-state index in [1.807, 2.05) is 0 Å². The van der Waals surface area contributed by atoms with E-state index in [9.17, 15) is 0 Å². The number of likely N-dealkylation sites (N-methyl/N-ethyl adjacent to an activating group) is 1. The lowest BCUT2D eigenvalue weighted by atomic mass is 10.0. The highest BCUT2D eigenvalue weighted by Gasteiger charge is 2.22. The Morgan fingerprint density at radius 1 is 1.37 bits per heavy atom. The van der Waals surface area contributed by atoms with Gasteiger partial charge in [0.1, 0.15) is 0 Å². The smallest absolute Gasteiger partial charge is 0.0657 e. The minimum Gasteiger partial charge on any atom is -0.383 e. The van der Waals surface area contributed by atoms with Crippen LogP contribution in [0, 0.1) is 0 Å². The largest absolute Gasteiger partial charge is 0.383 e. The summed E-state index contributed by atoms with van der Waals surface area (Å²) in [5.41, 5.74) is 1.32. The predicted molar refractivity (Wildman–Crippen MR) is 79.3 cm³/mol. The Kier molecular flexibility index (Phi) is 5.83. The van der Waals surface area contributed by atoms with E-state index >= 15 is 0 Å². The fourth-order valence-corrected chi connectivity index (χ4v) is 2.86. The second-order valence-corrected chi connectivity index (χ2v) is 5.32. The standard InChI is InChI=1S/C16H26N2O/c1-3-18-11-7-10-15(12-18)17-16(13-19-2)14-8-5-4-6-9-14/h4-6,8-9,15-17H,3,7,10-13H2,1-2H3. The molecule has 0 aliphatic carbocycles. The first-order chi connectivity index (χ1) is 9.33. The lowest BCUT2D eigenvalue weighted by Gasteiger charge is -2.34. The SMILES string of the molecule is CCN1CCCC(NC(COC)c2ccccc2)C1. The Morgan fingerprint density at radius 2 is 2.16 bits per heavy atom. The summed E-state index contributed by atoms with van der Waals surface area (Å²) in [7, 11) is 1.77. The highest BCUT2D eigenvalue weighted by Crippen LogP contribution is 2.17. The lowest BCUT2D eigenvalue weighted by Crippen LogP contribution is -2.47. The van der Waals surface area contributed by atoms with Crippen LogP contribution >= 0.6 is 0 Å². The van der Waals surface area contributed by atoms with Gasteiger partial charge in [-0.15, -0.1) is 0 Å². The highest BCUT2D eigenvalue weighted by atomic mass is 16.5. The second-order valence-electron chi connectivity index (χ2n) is 5.32. The summed E-state index contributed by atoms with van der Waals surface area (Å²) in [6, 6.07) is 11.5. The van der Waals surface area contributed by atoms with E-state index in [4.69, 9.17) is 4.74 Å². The molecule has 1 aromatic carbocycles. The zero-order chi connectivity index (χ0) is 13.5. The second kappa shape index (κ2) is 7.63. The molecular weight excluding hydrogens is 236 g/mol. The zero-order valence-electron chi connectivity index (χ0n) is 12.1. The third-order valence-corrected chi connectivity index (χ3v) is 3.92. The number of piperidine rings is 1. The van der Waals surface area contributed by atoms with Gasteiger partial charge in [-0.05, 0) is 31.5 Å². The van der Waals surface area contributed by atoms with Gasteiger partial charge in [0.05, 0.1) is 12.6 Å². The van der Waals surface area contributed by atoms with Crippen LogP contribution in [0.2, 0.25) is 0 Å². The van der Waals surface area contributed by atoms with Crippen LogP contribution in [0.15, 0.2) is 30.3 Å². The van der Waals surface area contributed by atoms with Gasteiger partial charge in [-0.3, -0.25) is 0 Å². The predicted octanol–water partition coefficient (Wildman–Crippen LogP) is 2.45. The van der Waals surface area contributed by atoms with Crippen molar-refractivity contribution in [3.05, 3.63) is 35.9 Å². The van der Waals surface area contributed by atoms with Gasteiger partial charge in [-0.2, -0.15) is 0 Å². The topological polar surface area (TPSA) is 24.5 Å². The minimum absolute atomic E-state index is 0.299. The molecule has 0 aromatic heterocycles. The minimum atomic E-state index is 0.299. The van der Waals surface area contributed by atoms with Crippen molar-refractivity contribution in [2.24, 2.45) is 0 Å². The first-order valence-corrected chi connectivity index (χ1v) is 7.35. The molecule has 2 atom stereocenters. The fourth-order valence-electron chi connectivity index (χ4n) is 2.86. The Labute approximate surface area is 116 Å². The molecule has 19 heavy (non-hydrogen) atoms. The third-order valence-electron chi connectivity index (χ3n) is 3.92. The number of rotatable bonds is 6. The third kappa shape index (κ3) is 4.30. The van der Waals surface area contributed by atoms with Gasteiger partial charge < -0.3 is 15.0 Å². The number of likely N-dealkylation sites (tertiary alicyclic amines) is 1. The van der Waals surface area contributed by atoms with E-state index in [0.717, 1.165) is 19.7 Å². The first kappa shape index (κ1) is 14.5. The van der Waals surface area contributed by atoms with Crippen LogP contribution in [0.1, 0.15) is 31.4 Å². The van der Waals surface area contributed by atoms with Gasteiger partial charge in [-0.1, -0.05) is 37.3 Å². The molecule has 1 aliphatic rings. The maximum atomic E-state index is 5.38. The van der Waals surface area contributed by atoms with Crippen LogP contribution in [-0.2, 0) is 4.74 Å². The number of methoxy groups -OCH3 is 1. The summed E-state index contributed by atoms with van der Waals surface area (Å²) in [4.78, 5) is 2.52. The van der Waals surface area contributed by atoms with Crippen LogP contribution in [0.5, 0.6) is 0 Å². The summed E-state index contributed by atoms with van der Waals surface area (Å²) < 4.78 is 5.38. The molecule has 1 saturated heterocycles. The van der Waals surface area contributed by atoms with Gasteiger partial charge >= 0.3 is 0 Å². The number of hydrogen-bond donors (Lipinski definition) is 1. The molecule has 1 aromatic rings. The fraction of sp³-hybridized carbons (Fsp3) is 0.625. The van der Waals surface area contributed by atoms with E-state index in [1.165, 1.54) is 24.9 Å². The molecule has 1 fully saturated rings. The van der Waals surface area contributed by atoms with E-state index in [-0.39, 0.29) is 0 Å². The number of nitrogens with one attached hydrogen (secondary N) is 1. The quantitative estimate of drug-likeness (QED) is 0.852. The summed E-state index contributed by atoms with van der Waals surface area (Å²) >= 11 is 0. The van der Waals surface area contributed by atoms with E-state index in [1.54, 1.807) is 7.11 Å². The average molecular weight is 262 g/mol. The maximum Gasteiger partial charge on any atom is 0.0657 e. The summed E-state index contributed by atoms with van der Waals surface area (Å²) in [6.07, 6.45) is 2.56. The van der Waals surface area contributed by atoms with Crippen molar-refractivity contribution < 1.29 is 4.74 Å². The van der Waals surface area contributed by atoms with Crippen molar-refractivity contribution in [3.63, 3.8) is 0 Å². The van der Waals surface area contributed by atoms with E-state index < -0.39 is 0 Å². The number of benzene rings is 1. The van der Waals surface area contributed by atoms with Crippen molar-refractivity contribution >= 4 is 0 Å². The molecule has 3 heteroatoms. The Hall–Kier alpha value is -0.900. The summed E-state index contributed by atoms with van der Waals surface area (Å²) in [6.45, 7) is 6.52. The molecule has 1 aliphatic heterocycles. The molecule has 1 heterocycles. The van der Waals surface area contributed by atoms with Crippen molar-refractivity contribution in [2.75, 3.05) is 33.4 Å². The van der Waals surface area contributed by atoms with Crippen molar-refractivity contribution in [3.8, 4) is 0 Å². The number of nitrogens with zero attached hydrogens (tertiary/aromatic N) is 1. The van der Waals surface area contributed by atoms with Crippen molar-refractivity contribution in [2.45, 2.75) is 31.8 Å². The highest BCUT2D eigenvalue weighted by molar-refractivity contribution is 5.19. The van der Waals surface area contributed by atoms with Crippen molar-refractivity contribution in [1.82, 2.24) is 10.2 Å². The monoisotopic (exact) mass is 262 g/mol. The lowest BCUT2D eigenvalue weighted by molar-refractivity contribution is 0.139. The van der Waals surface area contributed by atoms with E-state index in [2.05, 4.69) is 47.5 Å². The zero-order valence-corrected chi connectivity index (χ0v) is 12.1. The van der Waals surface area contributed by atoms with Crippen molar-refractivity contribution in [1.29, 1.82) is 0 Å². The Morgan fingerprint density at radius 3 is 2.84 bits per heavy atom. The molecule has 0 amide bonds. The van der Waals surface area contributed by atoms with Gasteiger partial charge in [0, 0.05) is 19.7 Å². The summed E-state index contributed by atoms with van der Waals surface area (Å²) in [5, 5.41) is 3.77. The van der Waals surface area contributed by atoms with Crippen LogP contribution in [-0.4, -0.2) is 44.3 Å². The Balaban J connectivity index is 1.96. The first-order valence-electron chi connectivity index (χ1n) is 7.35. The van der Waals surface area contributed by atoms with Gasteiger partial charge in [0.25, 0.3) is 0 Å².